The molecule has 2 rings (SSSR count). The molecule has 0 N–H and O–H groups in total. The highest BCUT2D eigenvalue weighted by Gasteiger charge is 2.17. The van der Waals surface area contributed by atoms with E-state index in [0.29, 0.717) is 13.1 Å². The third-order valence-corrected chi connectivity index (χ3v) is 5.64. The van der Waals surface area contributed by atoms with Crippen molar-refractivity contribution in [3.8, 4) is 0 Å². The van der Waals surface area contributed by atoms with Crippen LogP contribution >= 0.6 is 0 Å². The second kappa shape index (κ2) is 7.88. The summed E-state index contributed by atoms with van der Waals surface area (Å²) < 4.78 is 39.0. The van der Waals surface area contributed by atoms with Gasteiger partial charge < -0.3 is 0 Å². The summed E-state index contributed by atoms with van der Waals surface area (Å²) in [5.74, 6) is -0.248. The fraction of sp³-hybridized carbons (Fsp3) is 0.333. The van der Waals surface area contributed by atoms with Gasteiger partial charge in [-0.1, -0.05) is 31.2 Å². The molecule has 0 aromatic heterocycles. The topological polar surface area (TPSA) is 40.6 Å². The van der Waals surface area contributed by atoms with Crippen LogP contribution in [0.15, 0.2) is 53.4 Å². The van der Waals surface area contributed by atoms with E-state index >= 15 is 0 Å². The zero-order valence-corrected chi connectivity index (χ0v) is 15.1. The van der Waals surface area contributed by atoms with Crippen LogP contribution in [0.4, 0.5) is 4.39 Å². The average Bonchev–Trinajstić information content (AvgIpc) is 2.54. The Labute approximate surface area is 143 Å². The molecule has 0 aliphatic heterocycles. The molecule has 2 aromatic carbocycles. The molecule has 6 heteroatoms. The first kappa shape index (κ1) is 18.6. The lowest BCUT2D eigenvalue weighted by Crippen LogP contribution is -2.24. The third-order valence-electron chi connectivity index (χ3n) is 3.83. The van der Waals surface area contributed by atoms with Crippen LogP contribution in [0.1, 0.15) is 18.1 Å². The molecule has 2 aromatic rings. The highest BCUT2D eigenvalue weighted by atomic mass is 32.2. The number of benzene rings is 2. The Bertz CT molecular complexity index is 791. The van der Waals surface area contributed by atoms with Crippen molar-refractivity contribution in [3.05, 3.63) is 65.5 Å². The van der Waals surface area contributed by atoms with E-state index in [0.717, 1.165) is 17.7 Å². The molecular formula is C18H23FN2O2S. The summed E-state index contributed by atoms with van der Waals surface area (Å²) in [4.78, 5) is 2.42. The first-order chi connectivity index (χ1) is 11.3. The number of hydrogen-bond donors (Lipinski definition) is 0. The van der Waals surface area contributed by atoms with E-state index in [1.54, 1.807) is 24.3 Å². The van der Waals surface area contributed by atoms with Crippen molar-refractivity contribution in [2.75, 3.05) is 20.6 Å². The highest BCUT2D eigenvalue weighted by molar-refractivity contribution is 7.89. The van der Waals surface area contributed by atoms with Crippen molar-refractivity contribution >= 4 is 10.0 Å². The first-order valence-electron chi connectivity index (χ1n) is 7.81. The Morgan fingerprint density at radius 1 is 0.958 bits per heavy atom. The number of hydrogen-bond acceptors (Lipinski definition) is 3. The number of nitrogens with zero attached hydrogens (tertiary/aromatic N) is 2. The van der Waals surface area contributed by atoms with E-state index in [1.165, 1.54) is 30.5 Å². The highest BCUT2D eigenvalue weighted by Crippen LogP contribution is 2.17. The Morgan fingerprint density at radius 3 is 2.08 bits per heavy atom. The van der Waals surface area contributed by atoms with E-state index in [1.807, 2.05) is 19.1 Å². The lowest BCUT2D eigenvalue weighted by atomic mass is 10.1. The molecule has 0 fully saturated rings. The quantitative estimate of drug-likeness (QED) is 0.770. The Morgan fingerprint density at radius 2 is 1.54 bits per heavy atom. The lowest BCUT2D eigenvalue weighted by molar-refractivity contribution is 0.271. The molecular weight excluding hydrogens is 327 g/mol. The molecule has 0 bridgehead atoms. The maximum atomic E-state index is 13.3. The molecule has 0 atom stereocenters. The largest absolute Gasteiger partial charge is 0.295 e. The van der Waals surface area contributed by atoms with Crippen LogP contribution in [0, 0.1) is 5.82 Å². The van der Waals surface area contributed by atoms with Crippen molar-refractivity contribution < 1.29 is 12.8 Å². The summed E-state index contributed by atoms with van der Waals surface area (Å²) in [6, 6.07) is 13.5. The van der Waals surface area contributed by atoms with E-state index in [9.17, 15) is 12.8 Å². The summed E-state index contributed by atoms with van der Waals surface area (Å²) in [7, 11) is -0.405. The first-order valence-corrected chi connectivity index (χ1v) is 9.25. The SMILES string of the molecule is CCN(Cc1cccc(F)c1)Cc1cccc(S(=O)(=O)N(C)C)c1. The molecule has 0 amide bonds. The third kappa shape index (κ3) is 4.63. The molecule has 0 spiro atoms. The van der Waals surface area contributed by atoms with Gasteiger partial charge >= 0.3 is 0 Å². The van der Waals surface area contributed by atoms with E-state index in [4.69, 9.17) is 0 Å². The van der Waals surface area contributed by atoms with E-state index < -0.39 is 10.0 Å². The minimum atomic E-state index is -3.44. The van der Waals surface area contributed by atoms with Crippen molar-refractivity contribution in [1.29, 1.82) is 0 Å². The Hall–Kier alpha value is -1.76. The van der Waals surface area contributed by atoms with E-state index in [2.05, 4.69) is 4.90 Å². The molecule has 0 saturated heterocycles. The molecule has 0 aliphatic carbocycles. The molecule has 0 heterocycles. The minimum absolute atomic E-state index is 0.248. The molecule has 24 heavy (non-hydrogen) atoms. The lowest BCUT2D eigenvalue weighted by Gasteiger charge is -2.21. The van der Waals surface area contributed by atoms with Gasteiger partial charge in [0.25, 0.3) is 0 Å². The van der Waals surface area contributed by atoms with Crippen LogP contribution in [0.5, 0.6) is 0 Å². The summed E-state index contributed by atoms with van der Waals surface area (Å²) >= 11 is 0. The summed E-state index contributed by atoms with van der Waals surface area (Å²) in [6.07, 6.45) is 0. The summed E-state index contributed by atoms with van der Waals surface area (Å²) in [5.41, 5.74) is 1.81. The second-order valence-electron chi connectivity index (χ2n) is 5.87. The fourth-order valence-electron chi connectivity index (χ4n) is 2.45. The summed E-state index contributed by atoms with van der Waals surface area (Å²) in [5, 5.41) is 0. The van der Waals surface area contributed by atoms with Gasteiger partial charge in [0.05, 0.1) is 4.90 Å². The number of rotatable bonds is 7. The van der Waals surface area contributed by atoms with Crippen LogP contribution in [-0.4, -0.2) is 38.3 Å². The van der Waals surface area contributed by atoms with Crippen molar-refractivity contribution in [2.24, 2.45) is 0 Å². The Balaban J connectivity index is 2.17. The van der Waals surface area contributed by atoms with Gasteiger partial charge in [0.2, 0.25) is 10.0 Å². The van der Waals surface area contributed by atoms with E-state index in [-0.39, 0.29) is 10.7 Å². The smallest absolute Gasteiger partial charge is 0.242 e. The zero-order chi connectivity index (χ0) is 17.7. The maximum Gasteiger partial charge on any atom is 0.242 e. The number of halogens is 1. The van der Waals surface area contributed by atoms with Crippen molar-refractivity contribution in [1.82, 2.24) is 9.21 Å². The fourth-order valence-corrected chi connectivity index (χ4v) is 3.42. The maximum absolute atomic E-state index is 13.3. The van der Waals surface area contributed by atoms with Gasteiger partial charge in [-0.05, 0) is 41.9 Å². The van der Waals surface area contributed by atoms with Gasteiger partial charge in [-0.3, -0.25) is 4.90 Å². The molecule has 130 valence electrons. The minimum Gasteiger partial charge on any atom is -0.295 e. The molecule has 4 nitrogen and oxygen atoms in total. The van der Waals surface area contributed by atoms with Crippen LogP contribution in [0.2, 0.25) is 0 Å². The van der Waals surface area contributed by atoms with Crippen LogP contribution in [-0.2, 0) is 23.1 Å². The van der Waals surface area contributed by atoms with Crippen molar-refractivity contribution in [3.63, 3.8) is 0 Å². The van der Waals surface area contributed by atoms with Gasteiger partial charge in [-0.2, -0.15) is 0 Å². The monoisotopic (exact) mass is 350 g/mol. The van der Waals surface area contributed by atoms with Gasteiger partial charge in [0.1, 0.15) is 5.82 Å². The zero-order valence-electron chi connectivity index (χ0n) is 14.2. The normalized spacial score (nSPS) is 12.1. The van der Waals surface area contributed by atoms with Crippen LogP contribution < -0.4 is 0 Å². The summed E-state index contributed by atoms with van der Waals surface area (Å²) in [6.45, 7) is 4.02. The standard InChI is InChI=1S/C18H23FN2O2S/c1-4-21(13-15-7-5-9-17(19)11-15)14-16-8-6-10-18(12-16)24(22,23)20(2)3/h5-12H,4,13-14H2,1-3H3. The van der Waals surface area contributed by atoms with Crippen LogP contribution in [0.3, 0.4) is 0 Å². The number of sulfonamides is 1. The van der Waals surface area contributed by atoms with Gasteiger partial charge in [-0.25, -0.2) is 17.1 Å². The van der Waals surface area contributed by atoms with Gasteiger partial charge in [-0.15, -0.1) is 0 Å². The predicted octanol–water partition coefficient (Wildman–Crippen LogP) is 3.10. The predicted molar refractivity (Wildman–Crippen MR) is 93.5 cm³/mol. The molecule has 0 unspecified atom stereocenters. The molecule has 0 radical (unpaired) electrons. The molecule has 0 aliphatic rings. The second-order valence-corrected chi connectivity index (χ2v) is 8.02. The van der Waals surface area contributed by atoms with Gasteiger partial charge in [0, 0.05) is 27.2 Å². The van der Waals surface area contributed by atoms with Crippen molar-refractivity contribution in [2.45, 2.75) is 24.9 Å². The van der Waals surface area contributed by atoms with Gasteiger partial charge in [0.15, 0.2) is 0 Å². The average molecular weight is 350 g/mol. The molecule has 0 saturated carbocycles. The Kier molecular flexibility index (Phi) is 6.10. The van der Waals surface area contributed by atoms with Crippen LogP contribution in [0.25, 0.3) is 0 Å².